The number of ketones is 1. The van der Waals surface area contributed by atoms with Gasteiger partial charge in [-0.2, -0.15) is 0 Å². The van der Waals surface area contributed by atoms with Gasteiger partial charge in [0.15, 0.2) is 12.1 Å². The molecule has 0 saturated carbocycles. The molecule has 2 aliphatic rings. The topological polar surface area (TPSA) is 116 Å². The van der Waals surface area contributed by atoms with Gasteiger partial charge in [-0.05, 0) is 26.2 Å². The molecule has 0 bridgehead atoms. The Morgan fingerprint density at radius 1 is 1.26 bits per heavy atom. The number of hydrogen-bond acceptors (Lipinski definition) is 7. The minimum Gasteiger partial charge on any atom is -0.394 e. The molecule has 1 saturated heterocycles. The number of aliphatic hydroxyl groups excluding tert-OH is 4. The molecule has 1 aliphatic carbocycles. The number of rotatable bonds is 4. The van der Waals surface area contributed by atoms with Crippen LogP contribution in [0.2, 0.25) is 0 Å². The Hall–Kier alpha value is -0.830. The lowest BCUT2D eigenvalue weighted by atomic mass is 9.82. The highest BCUT2D eigenvalue weighted by Crippen LogP contribution is 2.33. The zero-order valence-electron chi connectivity index (χ0n) is 13.7. The molecule has 6 atom stereocenters. The molecule has 7 heteroatoms. The SMILES string of the molecule is C[C@@H]1CC=C(C(C)(C)O[C@@H]2O[C@H](CO)[C@@H](O)[C@H](O)[C@H]2O)C(=O)C1. The first kappa shape index (κ1) is 18.5. The van der Waals surface area contributed by atoms with Crippen LogP contribution in [0.5, 0.6) is 0 Å². The van der Waals surface area contributed by atoms with E-state index in [-0.39, 0.29) is 11.7 Å². The summed E-state index contributed by atoms with van der Waals surface area (Å²) in [5, 5.41) is 38.8. The minimum atomic E-state index is -1.50. The van der Waals surface area contributed by atoms with Crippen molar-refractivity contribution in [3.05, 3.63) is 11.6 Å². The molecule has 23 heavy (non-hydrogen) atoms. The van der Waals surface area contributed by atoms with Gasteiger partial charge in [0.1, 0.15) is 24.4 Å². The molecule has 0 radical (unpaired) electrons. The third-order valence-electron chi connectivity index (χ3n) is 4.47. The largest absolute Gasteiger partial charge is 0.394 e. The van der Waals surface area contributed by atoms with E-state index < -0.39 is 42.9 Å². The number of carbonyl (C=O) groups excluding carboxylic acids is 1. The highest BCUT2D eigenvalue weighted by atomic mass is 16.7. The van der Waals surface area contributed by atoms with Crippen molar-refractivity contribution in [3.8, 4) is 0 Å². The Morgan fingerprint density at radius 2 is 1.91 bits per heavy atom. The van der Waals surface area contributed by atoms with Gasteiger partial charge in [0.05, 0.1) is 12.2 Å². The molecule has 1 fully saturated rings. The van der Waals surface area contributed by atoms with Gasteiger partial charge >= 0.3 is 0 Å². The van der Waals surface area contributed by atoms with Crippen molar-refractivity contribution in [2.45, 2.75) is 69.9 Å². The molecule has 0 aromatic heterocycles. The van der Waals surface area contributed by atoms with Crippen LogP contribution in [0.1, 0.15) is 33.6 Å². The average molecular weight is 330 g/mol. The number of aliphatic hydroxyl groups is 4. The molecule has 0 spiro atoms. The van der Waals surface area contributed by atoms with Crippen molar-refractivity contribution >= 4 is 5.78 Å². The standard InChI is InChI=1S/C16H26O7/c1-8-4-5-9(10(18)6-8)16(2,3)23-15-14(21)13(20)12(19)11(7-17)22-15/h5,8,11-15,17,19-21H,4,6-7H2,1-3H3/t8-,11-,12-,13+,14-,15+/m1/s1. The van der Waals surface area contributed by atoms with E-state index in [1.807, 2.05) is 13.0 Å². The first-order chi connectivity index (χ1) is 10.7. The number of ether oxygens (including phenoxy) is 2. The van der Waals surface area contributed by atoms with Crippen molar-refractivity contribution in [1.29, 1.82) is 0 Å². The lowest BCUT2D eigenvalue weighted by Crippen LogP contribution is -2.60. The Labute approximate surface area is 135 Å². The van der Waals surface area contributed by atoms with Crippen LogP contribution in [0.3, 0.4) is 0 Å². The van der Waals surface area contributed by atoms with Crippen molar-refractivity contribution in [2.24, 2.45) is 5.92 Å². The van der Waals surface area contributed by atoms with Crippen molar-refractivity contribution in [3.63, 3.8) is 0 Å². The van der Waals surface area contributed by atoms with E-state index in [0.29, 0.717) is 12.0 Å². The van der Waals surface area contributed by atoms with Crippen LogP contribution in [0.25, 0.3) is 0 Å². The Balaban J connectivity index is 2.14. The third kappa shape index (κ3) is 3.81. The van der Waals surface area contributed by atoms with Crippen LogP contribution in [-0.4, -0.2) is 69.1 Å². The summed E-state index contributed by atoms with van der Waals surface area (Å²) in [6.45, 7) is 4.85. The second-order valence-electron chi connectivity index (χ2n) is 6.91. The Bertz CT molecular complexity index is 471. The van der Waals surface area contributed by atoms with Crippen LogP contribution < -0.4 is 0 Å². The molecule has 4 N–H and O–H groups in total. The normalized spacial score (nSPS) is 39.3. The summed E-state index contributed by atoms with van der Waals surface area (Å²) >= 11 is 0. The Morgan fingerprint density at radius 3 is 2.48 bits per heavy atom. The fourth-order valence-electron chi connectivity index (χ4n) is 3.04. The fourth-order valence-corrected chi connectivity index (χ4v) is 3.04. The van der Waals surface area contributed by atoms with Crippen LogP contribution in [0, 0.1) is 5.92 Å². The van der Waals surface area contributed by atoms with Crippen molar-refractivity contribution in [2.75, 3.05) is 6.61 Å². The maximum absolute atomic E-state index is 12.2. The van der Waals surface area contributed by atoms with Crippen LogP contribution >= 0.6 is 0 Å². The molecular formula is C16H26O7. The van der Waals surface area contributed by atoms with Crippen LogP contribution in [-0.2, 0) is 14.3 Å². The molecule has 0 aromatic carbocycles. The molecule has 1 heterocycles. The molecular weight excluding hydrogens is 304 g/mol. The molecule has 7 nitrogen and oxygen atoms in total. The smallest absolute Gasteiger partial charge is 0.187 e. The lowest BCUT2D eigenvalue weighted by Gasteiger charge is -2.43. The van der Waals surface area contributed by atoms with Gasteiger partial charge in [0.2, 0.25) is 0 Å². The predicted molar refractivity (Wildman–Crippen MR) is 80.4 cm³/mol. The second kappa shape index (κ2) is 6.96. The molecule has 1 aliphatic heterocycles. The van der Waals surface area contributed by atoms with Gasteiger partial charge in [-0.25, -0.2) is 0 Å². The number of hydrogen-bond donors (Lipinski definition) is 4. The summed E-state index contributed by atoms with van der Waals surface area (Å²) in [7, 11) is 0. The molecule has 0 amide bonds. The van der Waals surface area contributed by atoms with Crippen LogP contribution in [0.4, 0.5) is 0 Å². The lowest BCUT2D eigenvalue weighted by molar-refractivity contribution is -0.318. The van der Waals surface area contributed by atoms with Gasteiger partial charge in [0.25, 0.3) is 0 Å². The minimum absolute atomic E-state index is 0.0154. The number of Topliss-reactive ketones (excluding diaryl/α,β-unsaturated/α-hetero) is 1. The average Bonchev–Trinajstić information content (AvgIpc) is 2.47. The van der Waals surface area contributed by atoms with E-state index in [0.717, 1.165) is 6.42 Å². The number of allylic oxidation sites excluding steroid dienone is 1. The Kier molecular flexibility index (Phi) is 5.60. The van der Waals surface area contributed by atoms with Gasteiger partial charge in [0, 0.05) is 12.0 Å². The third-order valence-corrected chi connectivity index (χ3v) is 4.47. The summed E-state index contributed by atoms with van der Waals surface area (Å²) < 4.78 is 11.1. The summed E-state index contributed by atoms with van der Waals surface area (Å²) in [4.78, 5) is 12.2. The highest BCUT2D eigenvalue weighted by Gasteiger charge is 2.46. The first-order valence-electron chi connectivity index (χ1n) is 7.89. The summed E-state index contributed by atoms with van der Waals surface area (Å²) in [5.41, 5.74) is -0.516. The molecule has 2 rings (SSSR count). The van der Waals surface area contributed by atoms with E-state index in [4.69, 9.17) is 9.47 Å². The maximum Gasteiger partial charge on any atom is 0.187 e. The van der Waals surface area contributed by atoms with E-state index >= 15 is 0 Å². The van der Waals surface area contributed by atoms with Crippen molar-refractivity contribution < 1.29 is 34.7 Å². The van der Waals surface area contributed by atoms with Crippen molar-refractivity contribution in [1.82, 2.24) is 0 Å². The van der Waals surface area contributed by atoms with E-state index in [1.54, 1.807) is 13.8 Å². The quantitative estimate of drug-likeness (QED) is 0.549. The summed E-state index contributed by atoms with van der Waals surface area (Å²) in [6, 6.07) is 0. The monoisotopic (exact) mass is 330 g/mol. The van der Waals surface area contributed by atoms with Gasteiger partial charge in [-0.15, -0.1) is 0 Å². The first-order valence-corrected chi connectivity index (χ1v) is 7.89. The zero-order chi connectivity index (χ0) is 17.4. The second-order valence-corrected chi connectivity index (χ2v) is 6.91. The summed E-state index contributed by atoms with van der Waals surface area (Å²) in [5.74, 6) is 0.271. The van der Waals surface area contributed by atoms with Gasteiger partial charge in [-0.3, -0.25) is 4.79 Å². The van der Waals surface area contributed by atoms with E-state index in [1.165, 1.54) is 0 Å². The van der Waals surface area contributed by atoms with Crippen LogP contribution in [0.15, 0.2) is 11.6 Å². The van der Waals surface area contributed by atoms with Gasteiger partial charge < -0.3 is 29.9 Å². The maximum atomic E-state index is 12.2. The predicted octanol–water partition coefficient (Wildman–Crippen LogP) is -0.493. The van der Waals surface area contributed by atoms with E-state index in [2.05, 4.69) is 0 Å². The highest BCUT2D eigenvalue weighted by molar-refractivity contribution is 5.98. The molecule has 132 valence electrons. The van der Waals surface area contributed by atoms with Gasteiger partial charge in [-0.1, -0.05) is 13.0 Å². The summed E-state index contributed by atoms with van der Waals surface area (Å²) in [6.07, 6.45) is -3.67. The molecule has 0 unspecified atom stereocenters. The number of carbonyl (C=O) groups is 1. The molecule has 0 aromatic rings. The van der Waals surface area contributed by atoms with E-state index in [9.17, 15) is 25.2 Å². The fraction of sp³-hybridized carbons (Fsp3) is 0.812. The zero-order valence-corrected chi connectivity index (χ0v) is 13.7.